The van der Waals surface area contributed by atoms with Crippen molar-refractivity contribution in [2.75, 3.05) is 13.2 Å². The number of rotatable bonds is 4. The molecule has 0 spiro atoms. The molecule has 0 unspecified atom stereocenters. The maximum atomic E-state index is 6.31. The summed E-state index contributed by atoms with van der Waals surface area (Å²) in [5.74, 6) is -1.02. The summed E-state index contributed by atoms with van der Waals surface area (Å²) in [4.78, 5) is 0. The van der Waals surface area contributed by atoms with Crippen LogP contribution in [-0.4, -0.2) is 43.0 Å². The molecule has 27 heavy (non-hydrogen) atoms. The van der Waals surface area contributed by atoms with Gasteiger partial charge in [-0.1, -0.05) is 36.4 Å². The highest BCUT2D eigenvalue weighted by Gasteiger charge is 2.53. The predicted molar refractivity (Wildman–Crippen MR) is 103 cm³/mol. The summed E-state index contributed by atoms with van der Waals surface area (Å²) in [5.41, 5.74) is 2.56. The zero-order chi connectivity index (χ0) is 19.2. The second kappa shape index (κ2) is 6.98. The first-order valence-corrected chi connectivity index (χ1v) is 9.90. The summed E-state index contributed by atoms with van der Waals surface area (Å²) in [6.07, 6.45) is 1.98. The van der Waals surface area contributed by atoms with Gasteiger partial charge in [0.25, 0.3) is 0 Å². The van der Waals surface area contributed by atoms with Gasteiger partial charge in [-0.3, -0.25) is 0 Å². The van der Waals surface area contributed by atoms with Crippen molar-refractivity contribution in [2.24, 2.45) is 5.92 Å². The second-order valence-electron chi connectivity index (χ2n) is 8.72. The largest absolute Gasteiger partial charge is 0.350 e. The van der Waals surface area contributed by atoms with Gasteiger partial charge in [0, 0.05) is 18.5 Å². The third-order valence-corrected chi connectivity index (χ3v) is 5.68. The molecule has 2 fully saturated rings. The van der Waals surface area contributed by atoms with Gasteiger partial charge in [0.05, 0.1) is 12.7 Å². The lowest BCUT2D eigenvalue weighted by Crippen LogP contribution is -2.56. The van der Waals surface area contributed by atoms with Crippen molar-refractivity contribution in [3.63, 3.8) is 0 Å². The quantitative estimate of drug-likeness (QED) is 0.818. The van der Waals surface area contributed by atoms with E-state index in [4.69, 9.17) is 18.9 Å². The van der Waals surface area contributed by atoms with Gasteiger partial charge in [-0.25, -0.2) is 0 Å². The molecule has 4 rings (SSSR count). The summed E-state index contributed by atoms with van der Waals surface area (Å²) >= 11 is 0. The second-order valence-corrected chi connectivity index (χ2v) is 8.72. The van der Waals surface area contributed by atoms with Crippen LogP contribution in [0.5, 0.6) is 0 Å². The van der Waals surface area contributed by atoms with E-state index in [0.717, 1.165) is 6.54 Å². The molecule has 5 atom stereocenters. The molecule has 1 aromatic carbocycles. The molecular weight excluding hydrogens is 342 g/mol. The van der Waals surface area contributed by atoms with E-state index in [1.54, 1.807) is 0 Å². The van der Waals surface area contributed by atoms with Gasteiger partial charge in [0.15, 0.2) is 11.6 Å². The number of hydrogen-bond donors (Lipinski definition) is 1. The molecule has 2 saturated heterocycles. The van der Waals surface area contributed by atoms with E-state index in [2.05, 4.69) is 42.6 Å². The van der Waals surface area contributed by atoms with Crippen LogP contribution in [0.2, 0.25) is 0 Å². The average Bonchev–Trinajstić information content (AvgIpc) is 2.93. The SMILES string of the molecule is C[C@@H](NCC1=C[C@H]2OC(C)(C)O[C@H]2[C@@H]2OC(C)(C)OC[C@H]12)c1ccccc1. The Morgan fingerprint density at radius 1 is 1.00 bits per heavy atom. The van der Waals surface area contributed by atoms with E-state index in [-0.39, 0.29) is 30.3 Å². The third-order valence-electron chi connectivity index (χ3n) is 5.68. The fourth-order valence-corrected chi connectivity index (χ4v) is 4.30. The summed E-state index contributed by atoms with van der Waals surface area (Å²) < 4.78 is 24.6. The van der Waals surface area contributed by atoms with Crippen molar-refractivity contribution in [2.45, 2.75) is 70.5 Å². The molecule has 5 heteroatoms. The molecule has 0 saturated carbocycles. The van der Waals surface area contributed by atoms with Gasteiger partial charge in [-0.15, -0.1) is 0 Å². The monoisotopic (exact) mass is 373 g/mol. The summed E-state index contributed by atoms with van der Waals surface area (Å²) in [6, 6.07) is 10.8. The van der Waals surface area contributed by atoms with Crippen LogP contribution in [0, 0.1) is 5.92 Å². The maximum Gasteiger partial charge on any atom is 0.164 e. The Hall–Kier alpha value is -1.24. The fourth-order valence-electron chi connectivity index (χ4n) is 4.30. The first kappa shape index (κ1) is 19.1. The normalized spacial score (nSPS) is 35.1. The standard InChI is InChI=1S/C22H31NO4/c1-14(15-9-7-6-8-10-15)23-12-16-11-18-20(27-22(4,5)25-18)19-17(16)13-24-21(2,3)26-19/h6-11,14,17-20,23H,12-13H2,1-5H3/t14-,17-,18-,19-,20-/m1/s1. The molecule has 0 amide bonds. The van der Waals surface area contributed by atoms with Crippen LogP contribution >= 0.6 is 0 Å². The first-order valence-electron chi connectivity index (χ1n) is 9.90. The van der Waals surface area contributed by atoms with Gasteiger partial charge in [0.1, 0.15) is 12.2 Å². The van der Waals surface area contributed by atoms with Crippen LogP contribution in [0.1, 0.15) is 46.2 Å². The average molecular weight is 373 g/mol. The van der Waals surface area contributed by atoms with E-state index in [0.29, 0.717) is 6.61 Å². The third kappa shape index (κ3) is 3.98. The van der Waals surface area contributed by atoms with Gasteiger partial charge < -0.3 is 24.3 Å². The molecule has 1 aliphatic carbocycles. The van der Waals surface area contributed by atoms with Crippen molar-refractivity contribution in [3.8, 4) is 0 Å². The highest BCUT2D eigenvalue weighted by molar-refractivity contribution is 5.24. The Kier molecular flexibility index (Phi) is 4.93. The van der Waals surface area contributed by atoms with Crippen molar-refractivity contribution < 1.29 is 18.9 Å². The zero-order valence-corrected chi connectivity index (χ0v) is 16.9. The molecule has 0 bridgehead atoms. The number of hydrogen-bond acceptors (Lipinski definition) is 5. The Balaban J connectivity index is 1.53. The summed E-state index contributed by atoms with van der Waals surface area (Å²) in [7, 11) is 0. The van der Waals surface area contributed by atoms with E-state index >= 15 is 0 Å². The molecule has 2 heterocycles. The molecule has 0 radical (unpaired) electrons. The Morgan fingerprint density at radius 2 is 1.70 bits per heavy atom. The number of fused-ring (bicyclic) bond motifs is 3. The van der Waals surface area contributed by atoms with E-state index in [1.807, 2.05) is 33.8 Å². The van der Waals surface area contributed by atoms with Crippen LogP contribution in [0.15, 0.2) is 42.0 Å². The Morgan fingerprint density at radius 3 is 2.44 bits per heavy atom. The lowest BCUT2D eigenvalue weighted by Gasteiger charge is -2.46. The summed E-state index contributed by atoms with van der Waals surface area (Å²) in [6.45, 7) is 11.5. The lowest BCUT2D eigenvalue weighted by atomic mass is 9.81. The minimum Gasteiger partial charge on any atom is -0.350 e. The Labute approximate surface area is 162 Å². The zero-order valence-electron chi connectivity index (χ0n) is 16.9. The van der Waals surface area contributed by atoms with Gasteiger partial charge in [-0.05, 0) is 45.8 Å². The molecule has 3 aliphatic rings. The fraction of sp³-hybridized carbons (Fsp3) is 0.636. The minimum atomic E-state index is -0.602. The Bertz CT molecular complexity index is 700. The predicted octanol–water partition coefficient (Wildman–Crippen LogP) is 3.57. The highest BCUT2D eigenvalue weighted by atomic mass is 16.8. The lowest BCUT2D eigenvalue weighted by molar-refractivity contribution is -0.308. The van der Waals surface area contributed by atoms with Crippen molar-refractivity contribution in [1.29, 1.82) is 0 Å². The van der Waals surface area contributed by atoms with Crippen LogP contribution < -0.4 is 5.32 Å². The number of nitrogens with one attached hydrogen (secondary N) is 1. The smallest absolute Gasteiger partial charge is 0.164 e. The molecule has 5 nitrogen and oxygen atoms in total. The van der Waals surface area contributed by atoms with E-state index in [9.17, 15) is 0 Å². The van der Waals surface area contributed by atoms with Crippen molar-refractivity contribution in [3.05, 3.63) is 47.5 Å². The van der Waals surface area contributed by atoms with Crippen LogP contribution in [0.25, 0.3) is 0 Å². The molecule has 0 aromatic heterocycles. The van der Waals surface area contributed by atoms with Crippen LogP contribution in [0.3, 0.4) is 0 Å². The van der Waals surface area contributed by atoms with Crippen molar-refractivity contribution in [1.82, 2.24) is 5.32 Å². The van der Waals surface area contributed by atoms with Gasteiger partial charge in [-0.2, -0.15) is 0 Å². The van der Waals surface area contributed by atoms with Crippen LogP contribution in [0.4, 0.5) is 0 Å². The van der Waals surface area contributed by atoms with E-state index in [1.165, 1.54) is 11.1 Å². The molecule has 1 aromatic rings. The molecular formula is C22H31NO4. The number of ether oxygens (including phenoxy) is 4. The number of benzene rings is 1. The topological polar surface area (TPSA) is 49.0 Å². The maximum absolute atomic E-state index is 6.31. The van der Waals surface area contributed by atoms with Crippen molar-refractivity contribution >= 4 is 0 Å². The first-order chi connectivity index (χ1) is 12.7. The molecule has 2 aliphatic heterocycles. The van der Waals surface area contributed by atoms with Gasteiger partial charge >= 0.3 is 0 Å². The highest BCUT2D eigenvalue weighted by Crippen LogP contribution is 2.43. The van der Waals surface area contributed by atoms with E-state index < -0.39 is 11.6 Å². The van der Waals surface area contributed by atoms with Gasteiger partial charge in [0.2, 0.25) is 0 Å². The van der Waals surface area contributed by atoms with Crippen LogP contribution in [-0.2, 0) is 18.9 Å². The molecule has 1 N–H and O–H groups in total. The molecule has 148 valence electrons. The minimum absolute atomic E-state index is 0.0608. The summed E-state index contributed by atoms with van der Waals surface area (Å²) in [5, 5.41) is 3.65.